The molecule has 7 heteroatoms. The number of nitrogens with zero attached hydrogens (tertiary/aromatic N) is 2. The van der Waals surface area contributed by atoms with Gasteiger partial charge >= 0.3 is 0 Å². The first kappa shape index (κ1) is 18.6. The molecule has 1 amide bonds. The van der Waals surface area contributed by atoms with Crippen LogP contribution in [0, 0.1) is 5.92 Å². The molecule has 0 bridgehead atoms. The molecular weight excluding hydrogens is 328 g/mol. The molecule has 0 unspecified atom stereocenters. The van der Waals surface area contributed by atoms with E-state index < -0.39 is 10.0 Å². The van der Waals surface area contributed by atoms with Crippen molar-refractivity contribution in [1.82, 2.24) is 4.90 Å². The van der Waals surface area contributed by atoms with Gasteiger partial charge in [-0.15, -0.1) is 0 Å². The van der Waals surface area contributed by atoms with Crippen molar-refractivity contribution in [3.8, 4) is 5.75 Å². The van der Waals surface area contributed by atoms with Gasteiger partial charge in [0.15, 0.2) is 0 Å². The summed E-state index contributed by atoms with van der Waals surface area (Å²) in [6, 6.07) is 6.82. The van der Waals surface area contributed by atoms with Crippen molar-refractivity contribution in [3.05, 3.63) is 24.3 Å². The summed E-state index contributed by atoms with van der Waals surface area (Å²) in [7, 11) is -3.56. The summed E-state index contributed by atoms with van der Waals surface area (Å²) < 4.78 is 30.9. The van der Waals surface area contributed by atoms with Crippen LogP contribution in [0.3, 0.4) is 0 Å². The number of carbonyl (C=O) groups is 1. The maximum absolute atomic E-state index is 12.5. The van der Waals surface area contributed by atoms with E-state index in [1.807, 2.05) is 6.92 Å². The van der Waals surface area contributed by atoms with Crippen molar-refractivity contribution >= 4 is 21.6 Å². The molecule has 1 aromatic rings. The Morgan fingerprint density at radius 1 is 1.33 bits per heavy atom. The van der Waals surface area contributed by atoms with Crippen LogP contribution >= 0.6 is 0 Å². The summed E-state index contributed by atoms with van der Waals surface area (Å²) >= 11 is 0. The highest BCUT2D eigenvalue weighted by molar-refractivity contribution is 7.92. The lowest BCUT2D eigenvalue weighted by Gasteiger charge is -2.32. The van der Waals surface area contributed by atoms with E-state index in [1.54, 1.807) is 29.2 Å². The largest absolute Gasteiger partial charge is 0.494 e. The van der Waals surface area contributed by atoms with Crippen LogP contribution in [0.4, 0.5) is 5.69 Å². The van der Waals surface area contributed by atoms with Crippen LogP contribution in [0.15, 0.2) is 24.3 Å². The minimum Gasteiger partial charge on any atom is -0.494 e. The summed E-state index contributed by atoms with van der Waals surface area (Å²) in [5.41, 5.74) is 0.446. The van der Waals surface area contributed by atoms with E-state index in [9.17, 15) is 13.2 Å². The molecule has 1 saturated heterocycles. The van der Waals surface area contributed by atoms with Crippen LogP contribution in [0.1, 0.15) is 26.7 Å². The quantitative estimate of drug-likeness (QED) is 0.785. The van der Waals surface area contributed by atoms with Gasteiger partial charge in [-0.05, 0) is 37.8 Å². The summed E-state index contributed by atoms with van der Waals surface area (Å²) in [5.74, 6) is 1.04. The van der Waals surface area contributed by atoms with E-state index in [2.05, 4.69) is 6.92 Å². The predicted molar refractivity (Wildman–Crippen MR) is 94.8 cm³/mol. The molecule has 6 nitrogen and oxygen atoms in total. The lowest BCUT2D eigenvalue weighted by molar-refractivity contribution is -0.130. The van der Waals surface area contributed by atoms with Gasteiger partial charge in [0.2, 0.25) is 15.9 Å². The number of likely N-dealkylation sites (tertiary alicyclic amines) is 1. The predicted octanol–water partition coefficient (Wildman–Crippen LogP) is 2.11. The number of sulfonamides is 1. The summed E-state index contributed by atoms with van der Waals surface area (Å²) in [6.07, 6.45) is 3.04. The van der Waals surface area contributed by atoms with Crippen LogP contribution in [-0.4, -0.2) is 51.7 Å². The molecule has 0 saturated carbocycles. The van der Waals surface area contributed by atoms with Crippen LogP contribution in [0.25, 0.3) is 0 Å². The minimum absolute atomic E-state index is 0.158. The van der Waals surface area contributed by atoms with Crippen LogP contribution in [-0.2, 0) is 14.8 Å². The minimum atomic E-state index is -3.56. The first-order valence-corrected chi connectivity index (χ1v) is 10.1. The standard InChI is InChI=1S/C17H26N2O4S/c1-4-23-16-7-5-6-15(12-16)19(24(3,21)22)13-17(20)18-10-8-14(2)9-11-18/h5-7,12,14H,4,8-11,13H2,1-3H3. The number of benzene rings is 1. The fourth-order valence-corrected chi connectivity index (χ4v) is 3.62. The molecular formula is C17H26N2O4S. The summed E-state index contributed by atoms with van der Waals surface area (Å²) in [4.78, 5) is 14.3. The first-order valence-electron chi connectivity index (χ1n) is 8.29. The Morgan fingerprint density at radius 3 is 2.58 bits per heavy atom. The van der Waals surface area contributed by atoms with E-state index in [0.29, 0.717) is 37.1 Å². The Hall–Kier alpha value is -1.76. The Kier molecular flexibility index (Phi) is 6.10. The average molecular weight is 354 g/mol. The second kappa shape index (κ2) is 7.88. The lowest BCUT2D eigenvalue weighted by Crippen LogP contribution is -2.45. The lowest BCUT2D eigenvalue weighted by atomic mass is 9.99. The van der Waals surface area contributed by atoms with Crippen LogP contribution < -0.4 is 9.04 Å². The Balaban J connectivity index is 2.17. The number of anilines is 1. The van der Waals surface area contributed by atoms with Crippen molar-refractivity contribution in [1.29, 1.82) is 0 Å². The molecule has 1 aliphatic heterocycles. The number of hydrogen-bond donors (Lipinski definition) is 0. The molecule has 0 aromatic heterocycles. The molecule has 24 heavy (non-hydrogen) atoms. The molecule has 2 rings (SSSR count). The third kappa shape index (κ3) is 4.87. The van der Waals surface area contributed by atoms with Gasteiger partial charge in [0, 0.05) is 19.2 Å². The van der Waals surface area contributed by atoms with E-state index in [4.69, 9.17) is 4.74 Å². The van der Waals surface area contributed by atoms with E-state index in [0.717, 1.165) is 23.4 Å². The fraction of sp³-hybridized carbons (Fsp3) is 0.588. The third-order valence-electron chi connectivity index (χ3n) is 4.23. The van der Waals surface area contributed by atoms with E-state index >= 15 is 0 Å². The maximum atomic E-state index is 12.5. The maximum Gasteiger partial charge on any atom is 0.243 e. The van der Waals surface area contributed by atoms with Gasteiger partial charge in [-0.2, -0.15) is 0 Å². The number of rotatable bonds is 6. The number of ether oxygens (including phenoxy) is 1. The molecule has 0 N–H and O–H groups in total. The van der Waals surface area contributed by atoms with E-state index in [-0.39, 0.29) is 12.5 Å². The van der Waals surface area contributed by atoms with Crippen LogP contribution in [0.5, 0.6) is 5.75 Å². The molecule has 1 heterocycles. The molecule has 0 radical (unpaired) electrons. The molecule has 1 aromatic carbocycles. The monoisotopic (exact) mass is 354 g/mol. The second-order valence-corrected chi connectivity index (χ2v) is 8.17. The van der Waals surface area contributed by atoms with Gasteiger partial charge in [-0.25, -0.2) is 8.42 Å². The smallest absolute Gasteiger partial charge is 0.243 e. The average Bonchev–Trinajstić information content (AvgIpc) is 2.52. The summed E-state index contributed by atoms with van der Waals surface area (Å²) in [6.45, 7) is 5.73. The zero-order valence-electron chi connectivity index (χ0n) is 14.6. The number of piperidine rings is 1. The van der Waals surface area contributed by atoms with Gasteiger partial charge in [0.25, 0.3) is 0 Å². The molecule has 1 aliphatic rings. The molecule has 1 fully saturated rings. The number of hydrogen-bond acceptors (Lipinski definition) is 4. The zero-order valence-corrected chi connectivity index (χ0v) is 15.4. The molecule has 0 atom stereocenters. The van der Waals surface area contributed by atoms with Crippen molar-refractivity contribution in [2.24, 2.45) is 5.92 Å². The van der Waals surface area contributed by atoms with Crippen molar-refractivity contribution in [2.45, 2.75) is 26.7 Å². The highest BCUT2D eigenvalue weighted by Gasteiger charge is 2.26. The number of carbonyl (C=O) groups excluding carboxylic acids is 1. The Labute approximate surface area is 144 Å². The van der Waals surface area contributed by atoms with Gasteiger partial charge in [-0.1, -0.05) is 13.0 Å². The van der Waals surface area contributed by atoms with Crippen molar-refractivity contribution in [3.63, 3.8) is 0 Å². The van der Waals surface area contributed by atoms with Gasteiger partial charge in [0.05, 0.1) is 18.6 Å². The van der Waals surface area contributed by atoms with Crippen molar-refractivity contribution in [2.75, 3.05) is 36.8 Å². The summed E-state index contributed by atoms with van der Waals surface area (Å²) in [5, 5.41) is 0. The fourth-order valence-electron chi connectivity index (χ4n) is 2.78. The Bertz CT molecular complexity index is 667. The zero-order chi connectivity index (χ0) is 17.7. The van der Waals surface area contributed by atoms with Gasteiger partial charge in [-0.3, -0.25) is 9.10 Å². The van der Waals surface area contributed by atoms with Crippen molar-refractivity contribution < 1.29 is 17.9 Å². The molecule has 0 spiro atoms. The molecule has 0 aliphatic carbocycles. The normalized spacial score (nSPS) is 16.0. The van der Waals surface area contributed by atoms with Crippen LogP contribution in [0.2, 0.25) is 0 Å². The second-order valence-electron chi connectivity index (χ2n) is 6.26. The SMILES string of the molecule is CCOc1cccc(N(CC(=O)N2CCC(C)CC2)S(C)(=O)=O)c1. The van der Waals surface area contributed by atoms with E-state index in [1.165, 1.54) is 0 Å². The number of amides is 1. The highest BCUT2D eigenvalue weighted by Crippen LogP contribution is 2.24. The topological polar surface area (TPSA) is 66.9 Å². The van der Waals surface area contributed by atoms with Gasteiger partial charge < -0.3 is 9.64 Å². The molecule has 134 valence electrons. The third-order valence-corrected chi connectivity index (χ3v) is 5.37. The van der Waals surface area contributed by atoms with Gasteiger partial charge in [0.1, 0.15) is 12.3 Å². The highest BCUT2D eigenvalue weighted by atomic mass is 32.2. The Morgan fingerprint density at radius 2 is 2.00 bits per heavy atom. The first-order chi connectivity index (χ1) is 11.3.